The maximum Gasteiger partial charge on any atom is 0.306 e. The average Bonchev–Trinajstić information content (AvgIpc) is 2.87. The molecule has 0 fully saturated rings. The van der Waals surface area contributed by atoms with Crippen LogP contribution in [0.15, 0.2) is 23.4 Å². The molecule has 1 aliphatic rings. The first-order chi connectivity index (χ1) is 9.05. The Morgan fingerprint density at radius 1 is 1.63 bits per heavy atom. The normalized spacial score (nSPS) is 21.8. The van der Waals surface area contributed by atoms with Gasteiger partial charge in [0.15, 0.2) is 0 Å². The number of nitrogens with zero attached hydrogens (tertiary/aromatic N) is 2. The second kappa shape index (κ2) is 4.25. The van der Waals surface area contributed by atoms with Crippen LogP contribution in [0.4, 0.5) is 0 Å². The molecular weight excluding hydrogens is 264 g/mol. The van der Waals surface area contributed by atoms with E-state index in [1.54, 1.807) is 18.0 Å². The Morgan fingerprint density at radius 2 is 2.42 bits per heavy atom. The van der Waals surface area contributed by atoms with Crippen LogP contribution in [0, 0.1) is 0 Å². The highest BCUT2D eigenvalue weighted by Crippen LogP contribution is 2.41. The van der Waals surface area contributed by atoms with Gasteiger partial charge >= 0.3 is 5.97 Å². The first kappa shape index (κ1) is 12.5. The number of aliphatic hydroxyl groups is 1. The summed E-state index contributed by atoms with van der Waals surface area (Å²) >= 11 is 1.55. The molecular formula is C13H14N2O3S. The molecule has 19 heavy (non-hydrogen) atoms. The van der Waals surface area contributed by atoms with Crippen LogP contribution in [0.5, 0.6) is 0 Å². The zero-order chi connectivity index (χ0) is 13.6. The molecule has 2 aromatic heterocycles. The van der Waals surface area contributed by atoms with E-state index in [-0.39, 0.29) is 6.42 Å². The molecule has 1 unspecified atom stereocenters. The predicted molar refractivity (Wildman–Crippen MR) is 72.3 cm³/mol. The number of rotatable bonds is 3. The summed E-state index contributed by atoms with van der Waals surface area (Å²) in [5.41, 5.74) is 0.435. The quantitative estimate of drug-likeness (QED) is 0.838. The van der Waals surface area contributed by atoms with Crippen LogP contribution in [-0.4, -0.2) is 32.0 Å². The summed E-state index contributed by atoms with van der Waals surface area (Å²) in [6.07, 6.45) is 3.89. The van der Waals surface area contributed by atoms with Crippen molar-refractivity contribution in [1.29, 1.82) is 0 Å². The Kier molecular flexibility index (Phi) is 2.79. The molecule has 1 aliphatic heterocycles. The average molecular weight is 278 g/mol. The Hall–Kier alpha value is -1.53. The van der Waals surface area contributed by atoms with E-state index in [0.29, 0.717) is 18.7 Å². The highest BCUT2D eigenvalue weighted by Gasteiger charge is 2.40. The van der Waals surface area contributed by atoms with Gasteiger partial charge in [-0.1, -0.05) is 0 Å². The molecule has 2 aromatic rings. The highest BCUT2D eigenvalue weighted by atomic mass is 32.2. The Labute approximate surface area is 114 Å². The number of carboxylic acid groups (broad SMARTS) is 1. The number of thioether (sulfide) groups is 1. The molecule has 1 atom stereocenters. The molecule has 0 amide bonds. The van der Waals surface area contributed by atoms with E-state index in [1.807, 2.05) is 23.0 Å². The minimum atomic E-state index is -1.26. The summed E-state index contributed by atoms with van der Waals surface area (Å²) in [6, 6.07) is 3.79. The minimum absolute atomic E-state index is 0.259. The number of hydrogen-bond donors (Lipinski definition) is 2. The fraction of sp³-hybridized carbons (Fsp3) is 0.385. The van der Waals surface area contributed by atoms with Crippen molar-refractivity contribution >= 4 is 28.6 Å². The molecule has 3 heterocycles. The van der Waals surface area contributed by atoms with Gasteiger partial charge in [0.1, 0.15) is 10.6 Å². The molecule has 3 rings (SSSR count). The van der Waals surface area contributed by atoms with Gasteiger partial charge in [-0.2, -0.15) is 0 Å². The molecule has 2 N–H and O–H groups in total. The van der Waals surface area contributed by atoms with Crippen LogP contribution in [0.1, 0.15) is 18.5 Å². The number of aryl methyl sites for hydroxylation is 1. The molecule has 0 saturated heterocycles. The van der Waals surface area contributed by atoms with Crippen molar-refractivity contribution in [3.63, 3.8) is 0 Å². The number of carbonyl (C=O) groups is 1. The molecule has 0 radical (unpaired) electrons. The number of carboxylic acids is 1. The van der Waals surface area contributed by atoms with Crippen LogP contribution in [-0.2, 0) is 16.9 Å². The van der Waals surface area contributed by atoms with Crippen molar-refractivity contribution in [2.75, 3.05) is 6.26 Å². The summed E-state index contributed by atoms with van der Waals surface area (Å²) in [5.74, 6) is -0.982. The fourth-order valence-electron chi connectivity index (χ4n) is 2.80. The summed E-state index contributed by atoms with van der Waals surface area (Å²) in [7, 11) is 0. The third-order valence-electron chi connectivity index (χ3n) is 3.66. The number of hydrogen-bond acceptors (Lipinski definition) is 4. The zero-order valence-corrected chi connectivity index (χ0v) is 11.3. The van der Waals surface area contributed by atoms with Gasteiger partial charge in [-0.05, 0) is 18.4 Å². The van der Waals surface area contributed by atoms with Crippen molar-refractivity contribution in [2.45, 2.75) is 30.0 Å². The second-order valence-corrected chi connectivity index (χ2v) is 5.58. The number of aromatic nitrogens is 2. The van der Waals surface area contributed by atoms with E-state index in [1.165, 1.54) is 0 Å². The standard InChI is InChI=1S/C13H14N2O3S/c1-19-12-8-6-10-13(18,7-11(16)17)3-5-15(10)9(8)2-4-14-12/h2,4,6,18H,3,5,7H2,1H3,(H,16,17). The lowest BCUT2D eigenvalue weighted by molar-refractivity contribution is -0.142. The van der Waals surface area contributed by atoms with Gasteiger partial charge in [0.25, 0.3) is 0 Å². The van der Waals surface area contributed by atoms with Gasteiger partial charge in [0.05, 0.1) is 17.6 Å². The van der Waals surface area contributed by atoms with E-state index in [4.69, 9.17) is 5.11 Å². The van der Waals surface area contributed by atoms with Crippen molar-refractivity contribution in [3.05, 3.63) is 24.0 Å². The molecule has 5 nitrogen and oxygen atoms in total. The monoisotopic (exact) mass is 278 g/mol. The Morgan fingerprint density at radius 3 is 3.11 bits per heavy atom. The molecule has 0 saturated carbocycles. The highest BCUT2D eigenvalue weighted by molar-refractivity contribution is 7.98. The maximum atomic E-state index is 10.9. The number of pyridine rings is 1. The lowest BCUT2D eigenvalue weighted by atomic mass is 9.94. The smallest absolute Gasteiger partial charge is 0.306 e. The van der Waals surface area contributed by atoms with Gasteiger partial charge in [0.2, 0.25) is 0 Å². The van der Waals surface area contributed by atoms with Crippen LogP contribution < -0.4 is 0 Å². The van der Waals surface area contributed by atoms with Gasteiger partial charge in [-0.25, -0.2) is 4.98 Å². The topological polar surface area (TPSA) is 75.3 Å². The molecule has 0 aromatic carbocycles. The van der Waals surface area contributed by atoms with Crippen LogP contribution in [0.3, 0.4) is 0 Å². The fourth-order valence-corrected chi connectivity index (χ4v) is 3.35. The molecule has 0 bridgehead atoms. The van der Waals surface area contributed by atoms with Gasteiger partial charge in [-0.3, -0.25) is 4.79 Å². The maximum absolute atomic E-state index is 10.9. The summed E-state index contributed by atoms with van der Waals surface area (Å²) in [5, 5.41) is 21.4. The van der Waals surface area contributed by atoms with Crippen LogP contribution in [0.25, 0.3) is 10.9 Å². The van der Waals surface area contributed by atoms with Crippen molar-refractivity contribution < 1.29 is 15.0 Å². The Balaban J connectivity index is 2.19. The molecule has 6 heteroatoms. The van der Waals surface area contributed by atoms with E-state index >= 15 is 0 Å². The van der Waals surface area contributed by atoms with E-state index < -0.39 is 11.6 Å². The van der Waals surface area contributed by atoms with Crippen molar-refractivity contribution in [2.24, 2.45) is 0 Å². The zero-order valence-electron chi connectivity index (χ0n) is 10.5. The van der Waals surface area contributed by atoms with Gasteiger partial charge in [0, 0.05) is 24.5 Å². The summed E-state index contributed by atoms with van der Waals surface area (Å²) < 4.78 is 2.00. The van der Waals surface area contributed by atoms with Crippen LogP contribution >= 0.6 is 11.8 Å². The Bertz CT molecular complexity index is 667. The third kappa shape index (κ3) is 1.82. The van der Waals surface area contributed by atoms with E-state index in [9.17, 15) is 9.90 Å². The largest absolute Gasteiger partial charge is 0.481 e. The molecule has 100 valence electrons. The van der Waals surface area contributed by atoms with E-state index in [0.717, 1.165) is 15.9 Å². The first-order valence-electron chi connectivity index (χ1n) is 6.02. The second-order valence-electron chi connectivity index (χ2n) is 4.79. The number of fused-ring (bicyclic) bond motifs is 3. The third-order valence-corrected chi connectivity index (χ3v) is 4.37. The van der Waals surface area contributed by atoms with Gasteiger partial charge < -0.3 is 14.8 Å². The summed E-state index contributed by atoms with van der Waals surface area (Å²) in [6.45, 7) is 0.639. The molecule has 0 aliphatic carbocycles. The van der Waals surface area contributed by atoms with Gasteiger partial charge in [-0.15, -0.1) is 11.8 Å². The first-order valence-corrected chi connectivity index (χ1v) is 7.24. The van der Waals surface area contributed by atoms with Crippen LogP contribution in [0.2, 0.25) is 0 Å². The summed E-state index contributed by atoms with van der Waals surface area (Å²) in [4.78, 5) is 15.2. The minimum Gasteiger partial charge on any atom is -0.481 e. The lowest BCUT2D eigenvalue weighted by Crippen LogP contribution is -2.26. The molecule has 0 spiro atoms. The number of aliphatic carboxylic acids is 1. The van der Waals surface area contributed by atoms with Crippen molar-refractivity contribution in [1.82, 2.24) is 9.55 Å². The SMILES string of the molecule is CSc1nccc2c1cc1n2CCC1(O)CC(=O)O. The van der Waals surface area contributed by atoms with Crippen molar-refractivity contribution in [3.8, 4) is 0 Å². The van der Waals surface area contributed by atoms with E-state index in [2.05, 4.69) is 4.98 Å². The predicted octanol–water partition coefficient (Wildman–Crippen LogP) is 1.82. The lowest BCUT2D eigenvalue weighted by Gasteiger charge is -2.19.